The fourth-order valence-corrected chi connectivity index (χ4v) is 3.88. The lowest BCUT2D eigenvalue weighted by atomic mass is 10.1. The lowest BCUT2D eigenvalue weighted by molar-refractivity contribution is 0.0935. The van der Waals surface area contributed by atoms with Crippen molar-refractivity contribution in [3.63, 3.8) is 0 Å². The van der Waals surface area contributed by atoms with Gasteiger partial charge in [0.2, 0.25) is 0 Å². The van der Waals surface area contributed by atoms with Crippen molar-refractivity contribution < 1.29 is 13.2 Å². The molecule has 3 N–H and O–H groups in total. The van der Waals surface area contributed by atoms with Crippen LogP contribution in [-0.4, -0.2) is 31.9 Å². The highest BCUT2D eigenvalue weighted by atomic mass is 79.9. The van der Waals surface area contributed by atoms with E-state index in [9.17, 15) is 13.2 Å². The number of sulfone groups is 1. The van der Waals surface area contributed by atoms with Crippen molar-refractivity contribution in [3.8, 4) is 0 Å². The van der Waals surface area contributed by atoms with E-state index in [1.54, 1.807) is 18.2 Å². The Morgan fingerprint density at radius 1 is 1.32 bits per heavy atom. The van der Waals surface area contributed by atoms with Crippen LogP contribution in [0.15, 0.2) is 22.7 Å². The molecule has 19 heavy (non-hydrogen) atoms. The van der Waals surface area contributed by atoms with Crippen LogP contribution in [-0.2, 0) is 9.84 Å². The normalized spacial score (nSPS) is 19.0. The number of hydrogen-bond acceptors (Lipinski definition) is 4. The molecule has 0 radical (unpaired) electrons. The topological polar surface area (TPSA) is 89.3 Å². The van der Waals surface area contributed by atoms with Crippen molar-refractivity contribution in [1.82, 2.24) is 5.32 Å². The van der Waals surface area contributed by atoms with Gasteiger partial charge in [0.15, 0.2) is 0 Å². The van der Waals surface area contributed by atoms with E-state index < -0.39 is 9.84 Å². The fourth-order valence-electron chi connectivity index (χ4n) is 2.02. The number of anilines is 1. The standard InChI is InChI=1S/C12H15BrN2O3S/c13-8-1-2-11(14)10(7-8)12(16)15-9-3-5-19(17,18)6-4-9/h1-2,7,9H,3-6,14H2,(H,15,16). The molecule has 7 heteroatoms. The lowest BCUT2D eigenvalue weighted by Crippen LogP contribution is -2.41. The van der Waals surface area contributed by atoms with Crippen LogP contribution in [0.1, 0.15) is 23.2 Å². The number of carbonyl (C=O) groups is 1. The molecule has 0 spiro atoms. The van der Waals surface area contributed by atoms with Crippen LogP contribution in [0.3, 0.4) is 0 Å². The van der Waals surface area contributed by atoms with Gasteiger partial charge in [0.05, 0.1) is 17.1 Å². The van der Waals surface area contributed by atoms with Crippen LogP contribution in [0.2, 0.25) is 0 Å². The van der Waals surface area contributed by atoms with Gasteiger partial charge in [-0.1, -0.05) is 15.9 Å². The molecule has 1 heterocycles. The van der Waals surface area contributed by atoms with Gasteiger partial charge in [-0.2, -0.15) is 0 Å². The molecule has 1 amide bonds. The Labute approximate surface area is 120 Å². The molecule has 0 atom stereocenters. The maximum absolute atomic E-state index is 12.1. The second kappa shape index (κ2) is 5.50. The van der Waals surface area contributed by atoms with E-state index in [0.717, 1.165) is 4.47 Å². The summed E-state index contributed by atoms with van der Waals surface area (Å²) in [6.07, 6.45) is 0.921. The van der Waals surface area contributed by atoms with E-state index >= 15 is 0 Å². The van der Waals surface area contributed by atoms with Gasteiger partial charge in [-0.25, -0.2) is 8.42 Å². The molecular formula is C12H15BrN2O3S. The zero-order valence-corrected chi connectivity index (χ0v) is 12.6. The van der Waals surface area contributed by atoms with E-state index in [2.05, 4.69) is 21.2 Å². The molecule has 1 aliphatic rings. The van der Waals surface area contributed by atoms with Crippen LogP contribution in [0, 0.1) is 0 Å². The number of nitrogen functional groups attached to an aromatic ring is 1. The number of rotatable bonds is 2. The highest BCUT2D eigenvalue weighted by Crippen LogP contribution is 2.19. The average molecular weight is 347 g/mol. The van der Waals surface area contributed by atoms with Gasteiger partial charge in [0.25, 0.3) is 5.91 Å². The Bertz CT molecular complexity index is 587. The summed E-state index contributed by atoms with van der Waals surface area (Å²) in [4.78, 5) is 12.1. The number of nitrogens with one attached hydrogen (secondary N) is 1. The summed E-state index contributed by atoms with van der Waals surface area (Å²) in [6.45, 7) is 0. The molecule has 0 bridgehead atoms. The quantitative estimate of drug-likeness (QED) is 0.790. The molecular weight excluding hydrogens is 332 g/mol. The number of hydrogen-bond donors (Lipinski definition) is 2. The van der Waals surface area contributed by atoms with Crippen LogP contribution in [0.5, 0.6) is 0 Å². The second-order valence-electron chi connectivity index (χ2n) is 4.63. The molecule has 5 nitrogen and oxygen atoms in total. The number of halogens is 1. The predicted molar refractivity (Wildman–Crippen MR) is 77.7 cm³/mol. The molecule has 0 aromatic heterocycles. The van der Waals surface area contributed by atoms with Gasteiger partial charge in [-0.3, -0.25) is 4.79 Å². The maximum atomic E-state index is 12.1. The van der Waals surface area contributed by atoms with Gasteiger partial charge < -0.3 is 11.1 Å². The van der Waals surface area contributed by atoms with Crippen LogP contribution >= 0.6 is 15.9 Å². The first-order valence-corrected chi connectivity index (χ1v) is 8.55. The number of benzene rings is 1. The highest BCUT2D eigenvalue weighted by molar-refractivity contribution is 9.10. The predicted octanol–water partition coefficient (Wildman–Crippen LogP) is 1.34. The van der Waals surface area contributed by atoms with E-state index in [1.807, 2.05) is 0 Å². The van der Waals surface area contributed by atoms with E-state index in [1.165, 1.54) is 0 Å². The van der Waals surface area contributed by atoms with Gasteiger partial charge in [-0.05, 0) is 31.0 Å². The van der Waals surface area contributed by atoms with E-state index in [-0.39, 0.29) is 23.5 Å². The summed E-state index contributed by atoms with van der Waals surface area (Å²) in [6, 6.07) is 4.97. The van der Waals surface area contributed by atoms with Crippen molar-refractivity contribution >= 4 is 37.4 Å². The average Bonchev–Trinajstić information content (AvgIpc) is 2.35. The molecule has 1 saturated heterocycles. The van der Waals surface area contributed by atoms with Gasteiger partial charge >= 0.3 is 0 Å². The Morgan fingerprint density at radius 3 is 2.58 bits per heavy atom. The summed E-state index contributed by atoms with van der Waals surface area (Å²) in [7, 11) is -2.91. The minimum Gasteiger partial charge on any atom is -0.398 e. The third kappa shape index (κ3) is 3.70. The number of carbonyl (C=O) groups excluding carboxylic acids is 1. The molecule has 1 aliphatic heterocycles. The molecule has 1 fully saturated rings. The van der Waals surface area contributed by atoms with Crippen molar-refractivity contribution in [2.45, 2.75) is 18.9 Å². The molecule has 0 unspecified atom stereocenters. The summed E-state index contributed by atoms with van der Waals surface area (Å²) in [5.41, 5.74) is 6.57. The highest BCUT2D eigenvalue weighted by Gasteiger charge is 2.25. The summed E-state index contributed by atoms with van der Waals surface area (Å²) in [5.74, 6) is 0.000712. The summed E-state index contributed by atoms with van der Waals surface area (Å²) < 4.78 is 23.4. The van der Waals surface area contributed by atoms with Crippen LogP contribution < -0.4 is 11.1 Å². The first-order chi connectivity index (χ1) is 8.87. The van der Waals surface area contributed by atoms with Crippen LogP contribution in [0.4, 0.5) is 5.69 Å². The smallest absolute Gasteiger partial charge is 0.253 e. The molecule has 104 valence electrons. The van der Waals surface area contributed by atoms with Gasteiger partial charge in [-0.15, -0.1) is 0 Å². The van der Waals surface area contributed by atoms with E-state index in [4.69, 9.17) is 5.73 Å². The Kier molecular flexibility index (Phi) is 4.15. The minimum atomic E-state index is -2.91. The van der Waals surface area contributed by atoms with Gasteiger partial charge in [0.1, 0.15) is 9.84 Å². The minimum absolute atomic E-state index is 0.102. The SMILES string of the molecule is Nc1ccc(Br)cc1C(=O)NC1CCS(=O)(=O)CC1. The maximum Gasteiger partial charge on any atom is 0.253 e. The van der Waals surface area contributed by atoms with E-state index in [0.29, 0.717) is 24.1 Å². The van der Waals surface area contributed by atoms with Crippen molar-refractivity contribution in [3.05, 3.63) is 28.2 Å². The summed E-state index contributed by atoms with van der Waals surface area (Å²) in [5, 5.41) is 2.84. The molecule has 2 rings (SSSR count). The fraction of sp³-hybridized carbons (Fsp3) is 0.417. The Balaban J connectivity index is 2.04. The Hall–Kier alpha value is -1.08. The monoisotopic (exact) mass is 346 g/mol. The molecule has 1 aromatic rings. The van der Waals surface area contributed by atoms with Crippen molar-refractivity contribution in [2.75, 3.05) is 17.2 Å². The second-order valence-corrected chi connectivity index (χ2v) is 7.85. The third-order valence-electron chi connectivity index (χ3n) is 3.15. The molecule has 1 aromatic carbocycles. The summed E-state index contributed by atoms with van der Waals surface area (Å²) >= 11 is 3.29. The zero-order chi connectivity index (χ0) is 14.0. The number of amides is 1. The first-order valence-electron chi connectivity index (χ1n) is 5.94. The van der Waals surface area contributed by atoms with Gasteiger partial charge in [0, 0.05) is 16.2 Å². The Morgan fingerprint density at radius 2 is 1.95 bits per heavy atom. The largest absolute Gasteiger partial charge is 0.398 e. The molecule has 0 aliphatic carbocycles. The van der Waals surface area contributed by atoms with Crippen LogP contribution in [0.25, 0.3) is 0 Å². The van der Waals surface area contributed by atoms with Crippen molar-refractivity contribution in [2.24, 2.45) is 0 Å². The molecule has 0 saturated carbocycles. The van der Waals surface area contributed by atoms with Crippen molar-refractivity contribution in [1.29, 1.82) is 0 Å². The zero-order valence-electron chi connectivity index (χ0n) is 10.2. The lowest BCUT2D eigenvalue weighted by Gasteiger charge is -2.23. The number of nitrogens with two attached hydrogens (primary N) is 1. The first kappa shape index (κ1) is 14.3. The third-order valence-corrected chi connectivity index (χ3v) is 5.36.